The molecule has 0 aromatic carbocycles. The molecule has 0 aromatic heterocycles. The lowest BCUT2D eigenvalue weighted by Crippen LogP contribution is -2.37. The number of likely N-dealkylation sites (N-methyl/N-ethyl adjacent to an activating group) is 1. The van der Waals surface area contributed by atoms with Crippen molar-refractivity contribution in [1.29, 1.82) is 0 Å². The molecule has 0 bridgehead atoms. The fourth-order valence-electron chi connectivity index (χ4n) is 6.25. The van der Waals surface area contributed by atoms with Crippen LogP contribution in [0.15, 0.2) is 72.9 Å². The van der Waals surface area contributed by atoms with Crippen LogP contribution in [0.3, 0.4) is 0 Å². The van der Waals surface area contributed by atoms with Gasteiger partial charge in [0.1, 0.15) is 19.8 Å². The molecule has 0 radical (unpaired) electrons. The molecule has 342 valence electrons. The average molecular weight is 863 g/mol. The number of quaternary nitrogens is 1. The van der Waals surface area contributed by atoms with E-state index in [1.807, 2.05) is 51.5 Å². The SMILES string of the molecule is CCCCCCCC/C=C\C/C=C\C/C=C\CCCC(=O)OC[C@H](COP(=O)(O)OCC[N+](C)(C)C)OC(=O)CCC/C=C\C[C@H]1C=CC(=O)[C@@H]1/C=C/[C@@H](O)CCCCC. The summed E-state index contributed by atoms with van der Waals surface area (Å²) in [5, 5.41) is 10.2. The third-order valence-electron chi connectivity index (χ3n) is 9.96. The number of aliphatic hydroxyl groups is 1. The first kappa shape index (κ1) is 55.1. The van der Waals surface area contributed by atoms with Crippen LogP contribution >= 0.6 is 7.82 Å². The molecular weight excluding hydrogens is 781 g/mol. The number of ketones is 1. The summed E-state index contributed by atoms with van der Waals surface area (Å²) in [6.45, 7) is 4.01. The molecule has 0 heterocycles. The molecule has 1 unspecified atom stereocenters. The molecule has 5 atom stereocenters. The molecule has 0 fully saturated rings. The van der Waals surface area contributed by atoms with Crippen molar-refractivity contribution in [3.63, 3.8) is 0 Å². The summed E-state index contributed by atoms with van der Waals surface area (Å²) in [6.07, 6.45) is 40.2. The molecule has 0 spiro atoms. The van der Waals surface area contributed by atoms with Gasteiger partial charge in [0.15, 0.2) is 11.9 Å². The summed E-state index contributed by atoms with van der Waals surface area (Å²) in [7, 11) is 1.32. The van der Waals surface area contributed by atoms with Crippen LogP contribution in [0.5, 0.6) is 0 Å². The Hall–Kier alpha value is -2.92. The lowest BCUT2D eigenvalue weighted by atomic mass is 9.90. The van der Waals surface area contributed by atoms with Crippen molar-refractivity contribution in [2.45, 2.75) is 154 Å². The predicted molar refractivity (Wildman–Crippen MR) is 242 cm³/mol. The van der Waals surface area contributed by atoms with E-state index in [1.165, 1.54) is 38.5 Å². The Balaban J connectivity index is 2.50. The van der Waals surface area contributed by atoms with Gasteiger partial charge in [0.25, 0.3) is 0 Å². The van der Waals surface area contributed by atoms with Crippen LogP contribution in [-0.4, -0.2) is 91.9 Å². The van der Waals surface area contributed by atoms with E-state index in [4.69, 9.17) is 18.5 Å². The number of unbranched alkanes of at least 4 members (excludes halogenated alkanes) is 10. The first-order valence-corrected chi connectivity index (χ1v) is 24.2. The van der Waals surface area contributed by atoms with Crippen LogP contribution in [0.2, 0.25) is 0 Å². The second-order valence-electron chi connectivity index (χ2n) is 16.7. The summed E-state index contributed by atoms with van der Waals surface area (Å²) in [5.41, 5.74) is 0. The zero-order valence-electron chi connectivity index (χ0n) is 37.8. The summed E-state index contributed by atoms with van der Waals surface area (Å²) in [5.74, 6) is -1.26. The number of esters is 2. The van der Waals surface area contributed by atoms with Crippen LogP contribution in [-0.2, 0) is 37.5 Å². The summed E-state index contributed by atoms with van der Waals surface area (Å²) in [4.78, 5) is 47.9. The molecule has 60 heavy (non-hydrogen) atoms. The quantitative estimate of drug-likeness (QED) is 0.0203. The molecule has 0 aliphatic heterocycles. The smallest absolute Gasteiger partial charge is 0.462 e. The van der Waals surface area contributed by atoms with Gasteiger partial charge in [0.2, 0.25) is 0 Å². The largest absolute Gasteiger partial charge is 0.472 e. The van der Waals surface area contributed by atoms with Gasteiger partial charge in [-0.15, -0.1) is 0 Å². The topological polar surface area (TPSA) is 146 Å². The van der Waals surface area contributed by atoms with E-state index < -0.39 is 38.6 Å². The normalized spacial score (nSPS) is 18.1. The average Bonchev–Trinajstić information content (AvgIpc) is 3.55. The van der Waals surface area contributed by atoms with Gasteiger partial charge in [-0.1, -0.05) is 132 Å². The van der Waals surface area contributed by atoms with Crippen molar-refractivity contribution in [2.75, 3.05) is 47.5 Å². The predicted octanol–water partition coefficient (Wildman–Crippen LogP) is 10.6. The summed E-state index contributed by atoms with van der Waals surface area (Å²) < 4.78 is 34.2. The number of carbonyl (C=O) groups is 3. The van der Waals surface area contributed by atoms with Crippen LogP contribution in [0.25, 0.3) is 0 Å². The van der Waals surface area contributed by atoms with E-state index in [0.717, 1.165) is 38.5 Å². The van der Waals surface area contributed by atoms with Crippen molar-refractivity contribution in [3.05, 3.63) is 72.9 Å². The highest BCUT2D eigenvalue weighted by Crippen LogP contribution is 2.43. The molecule has 2 N–H and O–H groups in total. The van der Waals surface area contributed by atoms with Gasteiger partial charge in [-0.3, -0.25) is 23.4 Å². The van der Waals surface area contributed by atoms with Crippen molar-refractivity contribution in [1.82, 2.24) is 0 Å². The molecule has 0 amide bonds. The fraction of sp³-hybridized carbons (Fsp3) is 0.688. The van der Waals surface area contributed by atoms with E-state index in [-0.39, 0.29) is 43.7 Å². The highest BCUT2D eigenvalue weighted by Gasteiger charge is 2.28. The number of aliphatic hydroxyl groups excluding tert-OH is 1. The lowest BCUT2D eigenvalue weighted by molar-refractivity contribution is -0.870. The highest BCUT2D eigenvalue weighted by atomic mass is 31.2. The first-order valence-electron chi connectivity index (χ1n) is 22.7. The van der Waals surface area contributed by atoms with Crippen LogP contribution < -0.4 is 0 Å². The maximum atomic E-state index is 12.8. The first-order chi connectivity index (χ1) is 28.8. The van der Waals surface area contributed by atoms with Crippen molar-refractivity contribution in [3.8, 4) is 0 Å². The molecule has 11 nitrogen and oxygen atoms in total. The number of nitrogens with zero attached hydrogens (tertiary/aromatic N) is 1. The molecule has 0 saturated carbocycles. The minimum Gasteiger partial charge on any atom is -0.462 e. The van der Waals surface area contributed by atoms with Crippen molar-refractivity contribution in [2.24, 2.45) is 11.8 Å². The summed E-state index contributed by atoms with van der Waals surface area (Å²) in [6, 6.07) is 0. The standard InChI is InChI=1S/C48H80NO10P/c1-6-8-10-11-12-13-14-15-16-17-18-19-20-21-22-23-28-32-47(52)56-40-44(41-58-60(54,55)57-39-38-49(3,4)5)59-48(53)33-29-25-24-27-30-42-34-37-46(51)45(42)36-35-43(50)31-26-9-7-2/h15-16,18-19,21-22,24,27,34-37,42-45,50H,6-14,17,20,23,25-26,28-33,38-41H2,1-5H3/p+1/b16-15-,19-18-,22-21-,27-24-,36-35+/t42-,43-,44+,45+/m0/s1. The zero-order valence-corrected chi connectivity index (χ0v) is 38.7. The Labute approximate surface area is 363 Å². The molecule has 1 rings (SSSR count). The second kappa shape index (κ2) is 34.6. The Bertz CT molecular complexity index is 1400. The molecule has 1 aliphatic carbocycles. The van der Waals surface area contributed by atoms with E-state index in [2.05, 4.69) is 44.2 Å². The molecule has 0 aromatic rings. The Morgan fingerprint density at radius 2 is 1.35 bits per heavy atom. The number of hydrogen-bond donors (Lipinski definition) is 2. The number of phosphoric acid groups is 1. The number of allylic oxidation sites excluding steroid dienone is 11. The number of hydrogen-bond acceptors (Lipinski definition) is 9. The molecule has 0 saturated heterocycles. The maximum absolute atomic E-state index is 12.8. The van der Waals surface area contributed by atoms with Gasteiger partial charge in [0, 0.05) is 18.8 Å². The van der Waals surface area contributed by atoms with E-state index in [9.17, 15) is 28.9 Å². The number of ether oxygens (including phenoxy) is 2. The Morgan fingerprint density at radius 3 is 2.02 bits per heavy atom. The van der Waals surface area contributed by atoms with Crippen molar-refractivity contribution >= 4 is 25.5 Å². The van der Waals surface area contributed by atoms with Crippen molar-refractivity contribution < 1.29 is 52.0 Å². The van der Waals surface area contributed by atoms with Gasteiger partial charge in [-0.25, -0.2) is 4.57 Å². The van der Waals surface area contributed by atoms with E-state index in [1.54, 1.807) is 12.2 Å². The maximum Gasteiger partial charge on any atom is 0.472 e. The molecule has 1 aliphatic rings. The molecular formula is C48H81NO10P+. The monoisotopic (exact) mass is 863 g/mol. The number of carbonyl (C=O) groups excluding carboxylic acids is 3. The Morgan fingerprint density at radius 1 is 0.767 bits per heavy atom. The lowest BCUT2D eigenvalue weighted by Gasteiger charge is -2.24. The zero-order chi connectivity index (χ0) is 44.3. The fourth-order valence-corrected chi connectivity index (χ4v) is 7.00. The van der Waals surface area contributed by atoms with Gasteiger partial charge in [-0.2, -0.15) is 0 Å². The van der Waals surface area contributed by atoms with Gasteiger partial charge < -0.3 is 24.0 Å². The minimum absolute atomic E-state index is 0.0149. The van der Waals surface area contributed by atoms with E-state index >= 15 is 0 Å². The Kier molecular flexibility index (Phi) is 31.8. The molecule has 12 heteroatoms. The van der Waals surface area contributed by atoms with Crippen LogP contribution in [0.1, 0.15) is 142 Å². The highest BCUT2D eigenvalue weighted by molar-refractivity contribution is 7.47. The van der Waals surface area contributed by atoms with Gasteiger partial charge in [-0.05, 0) is 76.2 Å². The van der Waals surface area contributed by atoms with Gasteiger partial charge >= 0.3 is 19.8 Å². The van der Waals surface area contributed by atoms with Crippen LogP contribution in [0, 0.1) is 11.8 Å². The number of phosphoric ester groups is 1. The third-order valence-corrected chi connectivity index (χ3v) is 10.9. The third kappa shape index (κ3) is 31.9. The van der Waals surface area contributed by atoms with Crippen LogP contribution in [0.4, 0.5) is 0 Å². The van der Waals surface area contributed by atoms with Gasteiger partial charge in [0.05, 0.1) is 33.9 Å². The number of rotatable bonds is 37. The minimum atomic E-state index is -4.45. The van der Waals surface area contributed by atoms with E-state index in [0.29, 0.717) is 49.6 Å². The summed E-state index contributed by atoms with van der Waals surface area (Å²) >= 11 is 0. The second-order valence-corrected chi connectivity index (χ2v) is 18.2.